The molecule has 27 heavy (non-hydrogen) atoms. The Bertz CT molecular complexity index is 821. The van der Waals surface area contributed by atoms with Crippen molar-refractivity contribution >= 4 is 5.69 Å². The van der Waals surface area contributed by atoms with Crippen LogP contribution in [0.15, 0.2) is 84.9 Å². The van der Waals surface area contributed by atoms with Gasteiger partial charge in [-0.15, -0.1) is 0 Å². The van der Waals surface area contributed by atoms with E-state index in [2.05, 4.69) is 47.8 Å². The van der Waals surface area contributed by atoms with E-state index in [4.69, 9.17) is 4.74 Å². The Morgan fingerprint density at radius 1 is 0.667 bits per heavy atom. The predicted molar refractivity (Wildman–Crippen MR) is 113 cm³/mol. The summed E-state index contributed by atoms with van der Waals surface area (Å²) in [5.41, 5.74) is 2.87. The van der Waals surface area contributed by atoms with Crippen molar-refractivity contribution in [3.63, 3.8) is 0 Å². The molecule has 0 atom stereocenters. The van der Waals surface area contributed by atoms with Crippen LogP contribution in [0.5, 0.6) is 11.5 Å². The summed E-state index contributed by atoms with van der Waals surface area (Å²) in [6.45, 7) is 0.982. The van der Waals surface area contributed by atoms with E-state index in [1.165, 1.54) is 37.7 Å². The first kappa shape index (κ1) is 17.7. The molecule has 0 unspecified atom stereocenters. The molecule has 0 radical (unpaired) electrons. The van der Waals surface area contributed by atoms with E-state index in [9.17, 15) is 0 Å². The van der Waals surface area contributed by atoms with E-state index in [0.717, 1.165) is 23.7 Å². The molecule has 0 saturated heterocycles. The molecule has 0 bridgehead atoms. The van der Waals surface area contributed by atoms with Gasteiger partial charge < -0.3 is 10.1 Å². The summed E-state index contributed by atoms with van der Waals surface area (Å²) in [4.78, 5) is 0. The summed E-state index contributed by atoms with van der Waals surface area (Å²) >= 11 is 0. The van der Waals surface area contributed by atoms with Gasteiger partial charge in [0.25, 0.3) is 0 Å². The molecule has 4 rings (SSSR count). The van der Waals surface area contributed by atoms with E-state index >= 15 is 0 Å². The number of benzene rings is 3. The monoisotopic (exact) mass is 357 g/mol. The molecule has 3 aromatic rings. The van der Waals surface area contributed by atoms with Crippen molar-refractivity contribution < 1.29 is 4.74 Å². The molecule has 0 spiro atoms. The fraction of sp³-hybridized carbons (Fsp3) is 0.280. The maximum atomic E-state index is 5.89. The summed E-state index contributed by atoms with van der Waals surface area (Å²) in [6.07, 6.45) is 6.53. The molecule has 1 aliphatic carbocycles. The second kappa shape index (κ2) is 8.30. The van der Waals surface area contributed by atoms with Crippen LogP contribution < -0.4 is 10.1 Å². The maximum absolute atomic E-state index is 5.89. The van der Waals surface area contributed by atoms with Gasteiger partial charge in [-0.1, -0.05) is 67.8 Å². The minimum absolute atomic E-state index is 0.249. The van der Waals surface area contributed by atoms with Gasteiger partial charge in [-0.05, 0) is 54.8 Å². The Hall–Kier alpha value is -2.74. The highest BCUT2D eigenvalue weighted by Crippen LogP contribution is 2.39. The Balaban J connectivity index is 1.43. The van der Waals surface area contributed by atoms with Gasteiger partial charge in [0, 0.05) is 17.6 Å². The van der Waals surface area contributed by atoms with Gasteiger partial charge in [-0.3, -0.25) is 0 Å². The number of rotatable bonds is 6. The van der Waals surface area contributed by atoms with Crippen molar-refractivity contribution in [1.29, 1.82) is 0 Å². The molecule has 1 saturated carbocycles. The first-order valence-electron chi connectivity index (χ1n) is 9.97. The summed E-state index contributed by atoms with van der Waals surface area (Å²) in [5, 5.41) is 3.69. The standard InChI is InChI=1S/C25H27NO/c1-4-10-21(11-5-1)25(18-8-3-9-19-25)20-26-22-14-16-24(17-15-22)27-23-12-6-2-7-13-23/h1-2,4-7,10-17,26H,3,8-9,18-20H2. The molecule has 0 amide bonds. The molecule has 0 heterocycles. The fourth-order valence-electron chi connectivity index (χ4n) is 4.12. The molecule has 138 valence electrons. The SMILES string of the molecule is c1ccc(Oc2ccc(NCC3(c4ccccc4)CCCCC3)cc2)cc1. The number of hydrogen-bond acceptors (Lipinski definition) is 2. The minimum atomic E-state index is 0.249. The number of nitrogens with one attached hydrogen (secondary N) is 1. The van der Waals surface area contributed by atoms with Crippen molar-refractivity contribution in [2.45, 2.75) is 37.5 Å². The third-order valence-electron chi connectivity index (χ3n) is 5.66. The highest BCUT2D eigenvalue weighted by Gasteiger charge is 2.33. The van der Waals surface area contributed by atoms with E-state index < -0.39 is 0 Å². The van der Waals surface area contributed by atoms with Gasteiger partial charge in [-0.25, -0.2) is 0 Å². The maximum Gasteiger partial charge on any atom is 0.127 e. The molecule has 2 nitrogen and oxygen atoms in total. The average Bonchev–Trinajstić information content (AvgIpc) is 2.75. The molecule has 2 heteroatoms. The van der Waals surface area contributed by atoms with Crippen LogP contribution in [0, 0.1) is 0 Å². The van der Waals surface area contributed by atoms with E-state index in [1.54, 1.807) is 0 Å². The lowest BCUT2D eigenvalue weighted by Crippen LogP contribution is -2.36. The third-order valence-corrected chi connectivity index (χ3v) is 5.66. The molecule has 1 N–H and O–H groups in total. The number of para-hydroxylation sites is 1. The second-order valence-electron chi connectivity index (χ2n) is 7.50. The van der Waals surface area contributed by atoms with Gasteiger partial charge in [0.15, 0.2) is 0 Å². The first-order valence-corrected chi connectivity index (χ1v) is 9.97. The fourth-order valence-corrected chi connectivity index (χ4v) is 4.12. The summed E-state index contributed by atoms with van der Waals surface area (Å²) in [5.74, 6) is 1.73. The largest absolute Gasteiger partial charge is 0.457 e. The average molecular weight is 357 g/mol. The zero-order valence-corrected chi connectivity index (χ0v) is 15.7. The molecule has 1 fully saturated rings. The predicted octanol–water partition coefficient (Wildman–Crippen LogP) is 6.79. The Labute approximate surface area is 162 Å². The highest BCUT2D eigenvalue weighted by atomic mass is 16.5. The van der Waals surface area contributed by atoms with Crippen LogP contribution in [0.25, 0.3) is 0 Å². The van der Waals surface area contributed by atoms with Crippen molar-refractivity contribution in [3.05, 3.63) is 90.5 Å². The Kier molecular flexibility index (Phi) is 5.43. The first-order chi connectivity index (χ1) is 13.3. The van der Waals surface area contributed by atoms with Crippen LogP contribution >= 0.6 is 0 Å². The lowest BCUT2D eigenvalue weighted by atomic mass is 9.69. The zero-order chi connectivity index (χ0) is 18.4. The molecular weight excluding hydrogens is 330 g/mol. The third kappa shape index (κ3) is 4.33. The van der Waals surface area contributed by atoms with Crippen molar-refractivity contribution in [3.8, 4) is 11.5 Å². The Morgan fingerprint density at radius 3 is 1.93 bits per heavy atom. The Morgan fingerprint density at radius 2 is 1.26 bits per heavy atom. The van der Waals surface area contributed by atoms with Crippen LogP contribution in [0.2, 0.25) is 0 Å². The van der Waals surface area contributed by atoms with Crippen LogP contribution in [-0.2, 0) is 5.41 Å². The minimum Gasteiger partial charge on any atom is -0.457 e. The molecule has 0 aromatic heterocycles. The van der Waals surface area contributed by atoms with Crippen LogP contribution in [0.4, 0.5) is 5.69 Å². The van der Waals surface area contributed by atoms with E-state index in [0.29, 0.717) is 0 Å². The number of ether oxygens (including phenoxy) is 1. The summed E-state index contributed by atoms with van der Waals surface area (Å²) < 4.78 is 5.89. The van der Waals surface area contributed by atoms with Crippen LogP contribution in [-0.4, -0.2) is 6.54 Å². The van der Waals surface area contributed by atoms with Crippen molar-refractivity contribution in [1.82, 2.24) is 0 Å². The quantitative estimate of drug-likeness (QED) is 0.524. The smallest absolute Gasteiger partial charge is 0.127 e. The van der Waals surface area contributed by atoms with Gasteiger partial charge >= 0.3 is 0 Å². The molecule has 1 aliphatic rings. The highest BCUT2D eigenvalue weighted by molar-refractivity contribution is 5.48. The van der Waals surface area contributed by atoms with Gasteiger partial charge in [0.2, 0.25) is 0 Å². The van der Waals surface area contributed by atoms with Gasteiger partial charge in [0.1, 0.15) is 11.5 Å². The summed E-state index contributed by atoms with van der Waals surface area (Å²) in [7, 11) is 0. The topological polar surface area (TPSA) is 21.3 Å². The van der Waals surface area contributed by atoms with Gasteiger partial charge in [-0.2, -0.15) is 0 Å². The van der Waals surface area contributed by atoms with Crippen LogP contribution in [0.1, 0.15) is 37.7 Å². The normalized spacial score (nSPS) is 15.9. The van der Waals surface area contributed by atoms with Crippen molar-refractivity contribution in [2.75, 3.05) is 11.9 Å². The second-order valence-corrected chi connectivity index (χ2v) is 7.50. The molecular formula is C25H27NO. The summed E-state index contributed by atoms with van der Waals surface area (Å²) in [6, 6.07) is 29.2. The molecule has 0 aliphatic heterocycles. The lowest BCUT2D eigenvalue weighted by molar-refractivity contribution is 0.308. The van der Waals surface area contributed by atoms with E-state index in [1.807, 2.05) is 42.5 Å². The zero-order valence-electron chi connectivity index (χ0n) is 15.7. The van der Waals surface area contributed by atoms with Crippen molar-refractivity contribution in [2.24, 2.45) is 0 Å². The van der Waals surface area contributed by atoms with E-state index in [-0.39, 0.29) is 5.41 Å². The van der Waals surface area contributed by atoms with Crippen LogP contribution in [0.3, 0.4) is 0 Å². The number of anilines is 1. The number of hydrogen-bond donors (Lipinski definition) is 1. The van der Waals surface area contributed by atoms with Gasteiger partial charge in [0.05, 0.1) is 0 Å². The molecule has 3 aromatic carbocycles. The lowest BCUT2D eigenvalue weighted by Gasteiger charge is -2.38.